The van der Waals surface area contributed by atoms with Gasteiger partial charge in [-0.3, -0.25) is 9.59 Å². The van der Waals surface area contributed by atoms with Crippen molar-refractivity contribution in [1.29, 1.82) is 0 Å². The number of carbonyl (C=O) groups excluding carboxylic acids is 2. The smallest absolute Gasteiger partial charge is 0.338 e. The number of aromatic amines is 1. The van der Waals surface area contributed by atoms with Gasteiger partial charge in [-0.1, -0.05) is 0 Å². The van der Waals surface area contributed by atoms with E-state index in [1.54, 1.807) is 56.5 Å². The summed E-state index contributed by atoms with van der Waals surface area (Å²) in [6.45, 7) is 2.04. The maximum absolute atomic E-state index is 12.3. The quantitative estimate of drug-likeness (QED) is 0.600. The second-order valence-electron chi connectivity index (χ2n) is 6.42. The third-order valence-electron chi connectivity index (χ3n) is 4.43. The molecule has 7 heteroatoms. The molecule has 0 radical (unpaired) electrons. The lowest BCUT2D eigenvalue weighted by Crippen LogP contribution is -2.17. The number of methoxy groups -OCH3 is 1. The maximum atomic E-state index is 12.3. The monoisotopic (exact) mass is 394 g/mol. The van der Waals surface area contributed by atoms with Crippen LogP contribution in [0.15, 0.2) is 53.3 Å². The number of hydrogen-bond donors (Lipinski definition) is 2. The van der Waals surface area contributed by atoms with Crippen molar-refractivity contribution in [3.63, 3.8) is 0 Å². The summed E-state index contributed by atoms with van der Waals surface area (Å²) in [5.41, 5.74) is 2.02. The second kappa shape index (κ2) is 9.05. The van der Waals surface area contributed by atoms with E-state index >= 15 is 0 Å². The molecule has 150 valence electrons. The van der Waals surface area contributed by atoms with Crippen LogP contribution >= 0.6 is 0 Å². The van der Waals surface area contributed by atoms with Crippen molar-refractivity contribution in [3.05, 3.63) is 70.0 Å². The van der Waals surface area contributed by atoms with Crippen LogP contribution in [0.25, 0.3) is 10.9 Å². The van der Waals surface area contributed by atoms with Gasteiger partial charge in [0.15, 0.2) is 0 Å². The molecule has 1 aromatic heterocycles. The van der Waals surface area contributed by atoms with Gasteiger partial charge in [-0.15, -0.1) is 0 Å². The minimum absolute atomic E-state index is 0.151. The number of benzene rings is 2. The first-order chi connectivity index (χ1) is 14.0. The zero-order valence-electron chi connectivity index (χ0n) is 16.3. The van der Waals surface area contributed by atoms with Gasteiger partial charge >= 0.3 is 5.97 Å². The summed E-state index contributed by atoms with van der Waals surface area (Å²) in [6.07, 6.45) is 0.452. The highest BCUT2D eigenvalue weighted by molar-refractivity contribution is 5.93. The van der Waals surface area contributed by atoms with Crippen LogP contribution in [0.3, 0.4) is 0 Å². The van der Waals surface area contributed by atoms with Crippen molar-refractivity contribution in [1.82, 2.24) is 4.98 Å². The lowest BCUT2D eigenvalue weighted by molar-refractivity contribution is -0.116. The molecule has 0 fully saturated rings. The Morgan fingerprint density at radius 1 is 1.07 bits per heavy atom. The van der Waals surface area contributed by atoms with E-state index in [2.05, 4.69) is 10.3 Å². The Labute approximate surface area is 167 Å². The van der Waals surface area contributed by atoms with E-state index < -0.39 is 5.97 Å². The number of H-pyrrole nitrogens is 1. The first-order valence-electron chi connectivity index (χ1n) is 9.27. The number of pyridine rings is 1. The normalized spacial score (nSPS) is 10.6. The number of hydrogen-bond acceptors (Lipinski definition) is 5. The fourth-order valence-electron chi connectivity index (χ4n) is 2.92. The first-order valence-corrected chi connectivity index (χ1v) is 9.27. The lowest BCUT2D eigenvalue weighted by atomic mass is 10.1. The molecule has 0 unspecified atom stereocenters. The molecule has 0 spiro atoms. The molecule has 3 aromatic rings. The predicted molar refractivity (Wildman–Crippen MR) is 110 cm³/mol. The number of amides is 1. The molecule has 29 heavy (non-hydrogen) atoms. The summed E-state index contributed by atoms with van der Waals surface area (Å²) in [5, 5.41) is 3.60. The highest BCUT2D eigenvalue weighted by atomic mass is 16.5. The van der Waals surface area contributed by atoms with Gasteiger partial charge in [-0.2, -0.15) is 0 Å². The molecule has 0 aliphatic heterocycles. The third-order valence-corrected chi connectivity index (χ3v) is 4.43. The van der Waals surface area contributed by atoms with E-state index in [1.165, 1.54) is 0 Å². The van der Waals surface area contributed by atoms with E-state index in [1.807, 2.05) is 6.07 Å². The number of nitrogens with one attached hydrogen (secondary N) is 2. The summed E-state index contributed by atoms with van der Waals surface area (Å²) >= 11 is 0. The number of carbonyl (C=O) groups is 2. The largest absolute Gasteiger partial charge is 0.497 e. The van der Waals surface area contributed by atoms with Crippen molar-refractivity contribution in [2.45, 2.75) is 19.8 Å². The van der Waals surface area contributed by atoms with E-state index in [9.17, 15) is 14.4 Å². The van der Waals surface area contributed by atoms with Crippen molar-refractivity contribution in [2.24, 2.45) is 0 Å². The van der Waals surface area contributed by atoms with Gasteiger partial charge < -0.3 is 19.8 Å². The molecule has 0 aliphatic carbocycles. The molecule has 0 saturated heterocycles. The molecular formula is C22H22N2O5. The Bertz CT molecular complexity index is 1090. The third kappa shape index (κ3) is 5.01. The average Bonchev–Trinajstić information content (AvgIpc) is 2.72. The Morgan fingerprint density at radius 3 is 2.52 bits per heavy atom. The molecule has 1 amide bonds. The SMILES string of the molecule is CCOC(=O)c1ccc(NC(=O)CCc2cc3cc(OC)ccc3[nH]c2=O)cc1. The second-order valence-corrected chi connectivity index (χ2v) is 6.42. The first kappa shape index (κ1) is 20.1. The Balaban J connectivity index is 1.63. The summed E-state index contributed by atoms with van der Waals surface area (Å²) in [6, 6.07) is 13.6. The molecule has 1 heterocycles. The molecule has 7 nitrogen and oxygen atoms in total. The van der Waals surface area contributed by atoms with E-state index in [0.29, 0.717) is 41.1 Å². The summed E-state index contributed by atoms with van der Waals surface area (Å²) in [5.74, 6) is 0.0658. The zero-order chi connectivity index (χ0) is 20.8. The van der Waals surface area contributed by atoms with Gasteiger partial charge in [0.2, 0.25) is 5.91 Å². The Hall–Kier alpha value is -3.61. The Morgan fingerprint density at radius 2 is 1.83 bits per heavy atom. The van der Waals surface area contributed by atoms with Gasteiger partial charge in [0.1, 0.15) is 5.75 Å². The van der Waals surface area contributed by atoms with E-state index in [-0.39, 0.29) is 17.9 Å². The Kier molecular flexibility index (Phi) is 6.29. The van der Waals surface area contributed by atoms with Crippen molar-refractivity contribution < 1.29 is 19.1 Å². The fourth-order valence-corrected chi connectivity index (χ4v) is 2.92. The van der Waals surface area contributed by atoms with Gasteiger partial charge in [0.05, 0.1) is 19.3 Å². The number of ether oxygens (including phenoxy) is 2. The van der Waals surface area contributed by atoms with E-state index in [0.717, 1.165) is 5.39 Å². The van der Waals surface area contributed by atoms with Gasteiger partial charge in [-0.05, 0) is 61.9 Å². The molecule has 0 atom stereocenters. The molecule has 3 rings (SSSR count). The van der Waals surface area contributed by atoms with Crippen LogP contribution in [0.5, 0.6) is 5.75 Å². The minimum atomic E-state index is -0.405. The number of esters is 1. The van der Waals surface area contributed by atoms with Crippen LogP contribution in [0, 0.1) is 0 Å². The molecular weight excluding hydrogens is 372 g/mol. The summed E-state index contributed by atoms with van der Waals surface area (Å²) in [4.78, 5) is 39.0. The van der Waals surface area contributed by atoms with Crippen molar-refractivity contribution in [2.75, 3.05) is 19.0 Å². The van der Waals surface area contributed by atoms with Crippen molar-refractivity contribution >= 4 is 28.5 Å². The zero-order valence-corrected chi connectivity index (χ0v) is 16.3. The number of fused-ring (bicyclic) bond motifs is 1. The number of aromatic nitrogens is 1. The molecule has 0 aliphatic rings. The van der Waals surface area contributed by atoms with Crippen LogP contribution in [-0.2, 0) is 16.0 Å². The highest BCUT2D eigenvalue weighted by Gasteiger charge is 2.10. The predicted octanol–water partition coefficient (Wildman–Crippen LogP) is 3.28. The van der Waals surface area contributed by atoms with Crippen LogP contribution in [-0.4, -0.2) is 30.6 Å². The van der Waals surface area contributed by atoms with Crippen LogP contribution in [0.1, 0.15) is 29.3 Å². The topological polar surface area (TPSA) is 97.5 Å². The standard InChI is InChI=1S/C22H22N2O5/c1-3-29-22(27)14-4-7-17(8-5-14)23-20(25)11-6-15-12-16-13-18(28-2)9-10-19(16)24-21(15)26/h4-5,7-10,12-13H,3,6,11H2,1-2H3,(H,23,25)(H,24,26). The maximum Gasteiger partial charge on any atom is 0.338 e. The number of aryl methyl sites for hydroxylation is 1. The van der Waals surface area contributed by atoms with Crippen molar-refractivity contribution in [3.8, 4) is 5.75 Å². The molecule has 2 aromatic carbocycles. The summed E-state index contributed by atoms with van der Waals surface area (Å²) < 4.78 is 10.1. The van der Waals surface area contributed by atoms with Gasteiger partial charge in [-0.25, -0.2) is 4.79 Å². The fraction of sp³-hybridized carbons (Fsp3) is 0.227. The summed E-state index contributed by atoms with van der Waals surface area (Å²) in [7, 11) is 1.58. The van der Waals surface area contributed by atoms with Gasteiger partial charge in [0, 0.05) is 28.6 Å². The lowest BCUT2D eigenvalue weighted by Gasteiger charge is -2.07. The van der Waals surface area contributed by atoms with Gasteiger partial charge in [0.25, 0.3) is 5.56 Å². The van der Waals surface area contributed by atoms with Crippen LogP contribution in [0.2, 0.25) is 0 Å². The van der Waals surface area contributed by atoms with E-state index in [4.69, 9.17) is 9.47 Å². The average molecular weight is 394 g/mol. The number of anilines is 1. The van der Waals surface area contributed by atoms with Crippen LogP contribution in [0.4, 0.5) is 5.69 Å². The van der Waals surface area contributed by atoms with Crippen LogP contribution < -0.4 is 15.6 Å². The molecule has 0 saturated carbocycles. The molecule has 0 bridgehead atoms. The number of rotatable bonds is 7. The molecule has 2 N–H and O–H groups in total. The highest BCUT2D eigenvalue weighted by Crippen LogP contribution is 2.19. The minimum Gasteiger partial charge on any atom is -0.497 e.